The minimum Gasteiger partial charge on any atom is -0.497 e. The number of likely N-dealkylation sites (tertiary alicyclic amines) is 1. The van der Waals surface area contributed by atoms with Gasteiger partial charge < -0.3 is 19.3 Å². The van der Waals surface area contributed by atoms with E-state index >= 15 is 0 Å². The Morgan fingerprint density at radius 1 is 1.07 bits per heavy atom. The number of nitrogens with zero attached hydrogens (tertiary/aromatic N) is 2. The summed E-state index contributed by atoms with van der Waals surface area (Å²) in [5.41, 5.74) is 2.08. The first-order valence-corrected chi connectivity index (χ1v) is 10.5. The molecule has 0 N–H and O–H groups in total. The van der Waals surface area contributed by atoms with Gasteiger partial charge in [-0.25, -0.2) is 0 Å². The van der Waals surface area contributed by atoms with Crippen molar-refractivity contribution in [2.75, 3.05) is 32.2 Å². The molecule has 2 fully saturated rings. The van der Waals surface area contributed by atoms with Gasteiger partial charge in [-0.3, -0.25) is 9.59 Å². The van der Waals surface area contributed by atoms with E-state index < -0.39 is 0 Å². The van der Waals surface area contributed by atoms with Gasteiger partial charge >= 0.3 is 0 Å². The van der Waals surface area contributed by atoms with Crippen LogP contribution in [0.25, 0.3) is 0 Å². The molecule has 2 aromatic carbocycles. The van der Waals surface area contributed by atoms with E-state index in [1.54, 1.807) is 37.3 Å². The van der Waals surface area contributed by atoms with Crippen LogP contribution in [0.4, 0.5) is 5.69 Å². The van der Waals surface area contributed by atoms with Gasteiger partial charge in [-0.2, -0.15) is 0 Å². The number of amides is 2. The van der Waals surface area contributed by atoms with E-state index in [1.807, 2.05) is 23.1 Å². The summed E-state index contributed by atoms with van der Waals surface area (Å²) < 4.78 is 10.9. The van der Waals surface area contributed by atoms with Gasteiger partial charge in [0.2, 0.25) is 5.91 Å². The zero-order chi connectivity index (χ0) is 21.3. The summed E-state index contributed by atoms with van der Waals surface area (Å²) in [5, 5.41) is 0.481. The molecule has 158 valence electrons. The first-order chi connectivity index (χ1) is 14.5. The summed E-state index contributed by atoms with van der Waals surface area (Å²) in [6.07, 6.45) is 3.07. The maximum absolute atomic E-state index is 13.5. The number of carbonyl (C=O) groups excluding carboxylic acids is 2. The summed E-state index contributed by atoms with van der Waals surface area (Å²) in [5.74, 6) is 1.43. The number of carbonyl (C=O) groups is 2. The van der Waals surface area contributed by atoms with Crippen LogP contribution in [0.1, 0.15) is 47.6 Å². The van der Waals surface area contributed by atoms with Crippen LogP contribution in [-0.4, -0.2) is 44.0 Å². The highest BCUT2D eigenvalue weighted by Gasteiger charge is 2.33. The Morgan fingerprint density at radius 3 is 2.60 bits per heavy atom. The molecule has 2 aliphatic rings. The van der Waals surface area contributed by atoms with Crippen molar-refractivity contribution in [3.63, 3.8) is 0 Å². The molecule has 1 atom stereocenters. The molecule has 2 aliphatic heterocycles. The van der Waals surface area contributed by atoms with E-state index in [4.69, 9.17) is 21.1 Å². The lowest BCUT2D eigenvalue weighted by molar-refractivity contribution is -0.117. The lowest BCUT2D eigenvalue weighted by atomic mass is 10.0. The number of halogens is 1. The number of benzene rings is 2. The van der Waals surface area contributed by atoms with E-state index in [9.17, 15) is 9.59 Å². The first-order valence-electron chi connectivity index (χ1n) is 10.2. The van der Waals surface area contributed by atoms with Crippen LogP contribution in [0.15, 0.2) is 36.4 Å². The highest BCUT2D eigenvalue weighted by molar-refractivity contribution is 6.34. The lowest BCUT2D eigenvalue weighted by Crippen LogP contribution is -2.31. The van der Waals surface area contributed by atoms with Crippen LogP contribution < -0.4 is 14.4 Å². The van der Waals surface area contributed by atoms with Crippen LogP contribution in [-0.2, 0) is 4.79 Å². The highest BCUT2D eigenvalue weighted by Crippen LogP contribution is 2.40. The number of rotatable bonds is 5. The molecule has 7 heteroatoms. The van der Waals surface area contributed by atoms with E-state index in [0.717, 1.165) is 36.3 Å². The van der Waals surface area contributed by atoms with Crippen LogP contribution in [0, 0.1) is 0 Å². The van der Waals surface area contributed by atoms with Gasteiger partial charge in [0, 0.05) is 30.6 Å². The van der Waals surface area contributed by atoms with Crippen molar-refractivity contribution in [2.45, 2.75) is 31.7 Å². The quantitative estimate of drug-likeness (QED) is 0.705. The third kappa shape index (κ3) is 3.72. The highest BCUT2D eigenvalue weighted by atomic mass is 35.5. The molecule has 6 nitrogen and oxygen atoms in total. The second kappa shape index (κ2) is 8.56. The van der Waals surface area contributed by atoms with E-state index in [1.165, 1.54) is 0 Å². The maximum atomic E-state index is 13.5. The number of methoxy groups -OCH3 is 2. The third-order valence-corrected chi connectivity index (χ3v) is 6.19. The third-order valence-electron chi connectivity index (χ3n) is 5.87. The van der Waals surface area contributed by atoms with Crippen molar-refractivity contribution in [1.29, 1.82) is 0 Å². The molecule has 2 aromatic rings. The van der Waals surface area contributed by atoms with Crippen molar-refractivity contribution < 1.29 is 19.1 Å². The molecule has 0 unspecified atom stereocenters. The molecule has 30 heavy (non-hydrogen) atoms. The maximum Gasteiger partial charge on any atom is 0.254 e. The van der Waals surface area contributed by atoms with Gasteiger partial charge in [0.1, 0.15) is 11.5 Å². The molecule has 2 amide bonds. The van der Waals surface area contributed by atoms with Gasteiger partial charge in [-0.05, 0) is 55.7 Å². The lowest BCUT2D eigenvalue weighted by Gasteiger charge is -2.27. The number of anilines is 1. The second-order valence-electron chi connectivity index (χ2n) is 7.58. The molecule has 2 heterocycles. The Kier molecular flexibility index (Phi) is 5.86. The topological polar surface area (TPSA) is 59.1 Å². The molecule has 0 saturated carbocycles. The van der Waals surface area contributed by atoms with Gasteiger partial charge in [-0.1, -0.05) is 11.6 Å². The molecule has 0 spiro atoms. The largest absolute Gasteiger partial charge is 0.497 e. The van der Waals surface area contributed by atoms with Crippen molar-refractivity contribution in [2.24, 2.45) is 0 Å². The van der Waals surface area contributed by atoms with E-state index in [2.05, 4.69) is 0 Å². The minimum absolute atomic E-state index is 0.0432. The van der Waals surface area contributed by atoms with Gasteiger partial charge in [0.15, 0.2) is 0 Å². The fourth-order valence-corrected chi connectivity index (χ4v) is 4.57. The molecular formula is C23H25ClN2O4. The Balaban J connectivity index is 1.66. The summed E-state index contributed by atoms with van der Waals surface area (Å²) in [6.45, 7) is 1.29. The van der Waals surface area contributed by atoms with Crippen LogP contribution in [0.5, 0.6) is 11.5 Å². The predicted molar refractivity (Wildman–Crippen MR) is 116 cm³/mol. The monoisotopic (exact) mass is 428 g/mol. The van der Waals surface area contributed by atoms with Crippen molar-refractivity contribution in [3.05, 3.63) is 52.5 Å². The Bertz CT molecular complexity index is 978. The molecule has 0 aliphatic carbocycles. The average Bonchev–Trinajstić information content (AvgIpc) is 3.42. The molecule has 0 radical (unpaired) electrons. The SMILES string of the molecule is COc1ccc(OC)c([C@H]2CCCN2C(=O)c2ccc(Cl)c(N3CCCC3=O)c2)c1. The van der Waals surface area contributed by atoms with Crippen LogP contribution in [0.3, 0.4) is 0 Å². The Hall–Kier alpha value is -2.73. The fraction of sp³-hybridized carbons (Fsp3) is 0.391. The Labute approximate surface area is 181 Å². The normalized spacial score (nSPS) is 18.8. The van der Waals surface area contributed by atoms with Gasteiger partial charge in [0.05, 0.1) is 31.0 Å². The molecular weight excluding hydrogens is 404 g/mol. The van der Waals surface area contributed by atoms with E-state index in [0.29, 0.717) is 35.8 Å². The zero-order valence-corrected chi connectivity index (χ0v) is 17.9. The minimum atomic E-state index is -0.102. The summed E-state index contributed by atoms with van der Waals surface area (Å²) in [4.78, 5) is 29.2. The van der Waals surface area contributed by atoms with Crippen molar-refractivity contribution in [3.8, 4) is 11.5 Å². The van der Waals surface area contributed by atoms with Crippen molar-refractivity contribution >= 4 is 29.1 Å². The predicted octanol–water partition coefficient (Wildman–Crippen LogP) is 4.46. The number of hydrogen-bond donors (Lipinski definition) is 0. The molecule has 0 aromatic heterocycles. The number of hydrogen-bond acceptors (Lipinski definition) is 4. The van der Waals surface area contributed by atoms with E-state index in [-0.39, 0.29) is 17.9 Å². The smallest absolute Gasteiger partial charge is 0.254 e. The zero-order valence-electron chi connectivity index (χ0n) is 17.2. The summed E-state index contributed by atoms with van der Waals surface area (Å²) in [7, 11) is 3.25. The second-order valence-corrected chi connectivity index (χ2v) is 7.99. The number of ether oxygens (including phenoxy) is 2. The fourth-order valence-electron chi connectivity index (χ4n) is 4.35. The first kappa shape index (κ1) is 20.5. The molecule has 4 rings (SSSR count). The standard InChI is InChI=1S/C23H25ClN2O4/c1-29-16-8-10-21(30-2)17(14-16)19-5-3-12-26(19)23(28)15-7-9-18(24)20(13-15)25-11-4-6-22(25)27/h7-10,13-14,19H,3-6,11-12H2,1-2H3/t19-/m1/s1. The van der Waals surface area contributed by atoms with Crippen molar-refractivity contribution in [1.82, 2.24) is 4.90 Å². The van der Waals surface area contributed by atoms with Crippen LogP contribution >= 0.6 is 11.6 Å². The average molecular weight is 429 g/mol. The van der Waals surface area contributed by atoms with Crippen LogP contribution in [0.2, 0.25) is 5.02 Å². The summed E-state index contributed by atoms with van der Waals surface area (Å²) in [6, 6.07) is 10.7. The van der Waals surface area contributed by atoms with Gasteiger partial charge in [-0.15, -0.1) is 0 Å². The Morgan fingerprint density at radius 2 is 1.90 bits per heavy atom. The molecule has 0 bridgehead atoms. The molecule has 2 saturated heterocycles. The summed E-state index contributed by atoms with van der Waals surface area (Å²) >= 11 is 6.35. The van der Waals surface area contributed by atoms with Gasteiger partial charge in [0.25, 0.3) is 5.91 Å².